The fourth-order valence-corrected chi connectivity index (χ4v) is 2.60. The lowest BCUT2D eigenvalue weighted by Crippen LogP contribution is -2.29. The van der Waals surface area contributed by atoms with E-state index in [2.05, 4.69) is 29.6 Å². The second kappa shape index (κ2) is 4.56. The first kappa shape index (κ1) is 10.3. The predicted molar refractivity (Wildman–Crippen MR) is 64.7 cm³/mol. The van der Waals surface area contributed by atoms with Gasteiger partial charge < -0.3 is 10.1 Å². The summed E-state index contributed by atoms with van der Waals surface area (Å²) in [7, 11) is 0. The van der Waals surface area contributed by atoms with E-state index in [9.17, 15) is 0 Å². The maximum Gasteiger partial charge on any atom is 0.0519 e. The van der Waals surface area contributed by atoms with Crippen molar-refractivity contribution in [3.8, 4) is 0 Å². The minimum Gasteiger partial charge on any atom is -0.381 e. The average molecular weight is 217 g/mol. The molecular weight excluding hydrogens is 198 g/mol. The average Bonchev–Trinajstić information content (AvgIpc) is 2.78. The Morgan fingerprint density at radius 2 is 2.00 bits per heavy atom. The van der Waals surface area contributed by atoms with Gasteiger partial charge in [-0.25, -0.2) is 0 Å². The molecule has 1 unspecified atom stereocenters. The molecule has 2 saturated heterocycles. The van der Waals surface area contributed by atoms with Crippen LogP contribution in [0.2, 0.25) is 0 Å². The predicted octanol–water partition coefficient (Wildman–Crippen LogP) is 1.95. The Kier molecular flexibility index (Phi) is 2.94. The molecule has 1 N–H and O–H groups in total. The fraction of sp³-hybridized carbons (Fsp3) is 0.571. The number of hydrogen-bond donors (Lipinski definition) is 1. The molecule has 16 heavy (non-hydrogen) atoms. The zero-order valence-corrected chi connectivity index (χ0v) is 9.61. The van der Waals surface area contributed by atoms with E-state index in [4.69, 9.17) is 4.74 Å². The SMILES string of the molecule is c1cc(C2CCNC2)ccc1CC1COC1. The van der Waals surface area contributed by atoms with E-state index in [1.807, 2.05) is 0 Å². The molecule has 0 amide bonds. The highest BCUT2D eigenvalue weighted by Crippen LogP contribution is 2.23. The van der Waals surface area contributed by atoms with Crippen LogP contribution in [0.4, 0.5) is 0 Å². The Morgan fingerprint density at radius 3 is 2.56 bits per heavy atom. The Hall–Kier alpha value is -0.860. The van der Waals surface area contributed by atoms with Crippen molar-refractivity contribution < 1.29 is 4.74 Å². The third kappa shape index (κ3) is 2.13. The summed E-state index contributed by atoms with van der Waals surface area (Å²) in [5.74, 6) is 1.50. The van der Waals surface area contributed by atoms with Gasteiger partial charge in [-0.15, -0.1) is 0 Å². The summed E-state index contributed by atoms with van der Waals surface area (Å²) in [4.78, 5) is 0. The summed E-state index contributed by atoms with van der Waals surface area (Å²) in [6.07, 6.45) is 2.47. The monoisotopic (exact) mass is 217 g/mol. The topological polar surface area (TPSA) is 21.3 Å². The van der Waals surface area contributed by atoms with Crippen molar-refractivity contribution in [2.24, 2.45) is 5.92 Å². The van der Waals surface area contributed by atoms with Crippen LogP contribution >= 0.6 is 0 Å². The molecule has 2 fully saturated rings. The Bertz CT molecular complexity index is 336. The molecule has 0 saturated carbocycles. The maximum atomic E-state index is 5.20. The molecule has 2 aliphatic heterocycles. The normalized spacial score (nSPS) is 25.6. The molecule has 0 bridgehead atoms. The van der Waals surface area contributed by atoms with E-state index >= 15 is 0 Å². The molecule has 2 aliphatic rings. The Morgan fingerprint density at radius 1 is 1.19 bits per heavy atom. The van der Waals surface area contributed by atoms with Crippen LogP contribution < -0.4 is 5.32 Å². The number of hydrogen-bond acceptors (Lipinski definition) is 2. The smallest absolute Gasteiger partial charge is 0.0519 e. The number of ether oxygens (including phenoxy) is 1. The maximum absolute atomic E-state index is 5.20. The van der Waals surface area contributed by atoms with Gasteiger partial charge in [0.05, 0.1) is 13.2 Å². The van der Waals surface area contributed by atoms with Crippen molar-refractivity contribution in [1.82, 2.24) is 5.32 Å². The number of rotatable bonds is 3. The summed E-state index contributed by atoms with van der Waals surface area (Å²) in [6, 6.07) is 9.22. The van der Waals surface area contributed by atoms with E-state index in [1.165, 1.54) is 30.5 Å². The van der Waals surface area contributed by atoms with Gasteiger partial charge in [0.1, 0.15) is 0 Å². The second-order valence-corrected chi connectivity index (χ2v) is 5.04. The first-order chi connectivity index (χ1) is 7.92. The van der Waals surface area contributed by atoms with Crippen LogP contribution in [0.15, 0.2) is 24.3 Å². The van der Waals surface area contributed by atoms with Gasteiger partial charge in [-0.1, -0.05) is 24.3 Å². The summed E-state index contributed by atoms with van der Waals surface area (Å²) >= 11 is 0. The molecule has 1 atom stereocenters. The van der Waals surface area contributed by atoms with Gasteiger partial charge in [0.25, 0.3) is 0 Å². The van der Waals surface area contributed by atoms with Crippen LogP contribution in [0, 0.1) is 5.92 Å². The van der Waals surface area contributed by atoms with Crippen LogP contribution in [-0.4, -0.2) is 26.3 Å². The van der Waals surface area contributed by atoms with E-state index in [1.54, 1.807) is 0 Å². The fourth-order valence-electron chi connectivity index (χ4n) is 2.60. The second-order valence-electron chi connectivity index (χ2n) is 5.04. The third-order valence-electron chi connectivity index (χ3n) is 3.74. The molecular formula is C14H19NO. The van der Waals surface area contributed by atoms with Crippen molar-refractivity contribution in [2.75, 3.05) is 26.3 Å². The van der Waals surface area contributed by atoms with Gasteiger partial charge in [-0.05, 0) is 36.4 Å². The van der Waals surface area contributed by atoms with Gasteiger partial charge in [0.15, 0.2) is 0 Å². The van der Waals surface area contributed by atoms with Crippen molar-refractivity contribution in [1.29, 1.82) is 0 Å². The molecule has 0 aromatic heterocycles. The minimum absolute atomic E-state index is 0.737. The van der Waals surface area contributed by atoms with Gasteiger partial charge in [-0.3, -0.25) is 0 Å². The zero-order chi connectivity index (χ0) is 10.8. The van der Waals surface area contributed by atoms with Crippen LogP contribution in [0.1, 0.15) is 23.5 Å². The summed E-state index contributed by atoms with van der Waals surface area (Å²) in [5, 5.41) is 3.42. The molecule has 0 aliphatic carbocycles. The quantitative estimate of drug-likeness (QED) is 0.835. The largest absolute Gasteiger partial charge is 0.381 e. The molecule has 1 aromatic rings. The molecule has 2 heteroatoms. The molecule has 0 radical (unpaired) electrons. The summed E-state index contributed by atoms with van der Waals surface area (Å²) < 4.78 is 5.20. The van der Waals surface area contributed by atoms with Crippen LogP contribution in [0.3, 0.4) is 0 Å². The summed E-state index contributed by atoms with van der Waals surface area (Å²) in [5.41, 5.74) is 2.96. The van der Waals surface area contributed by atoms with E-state index in [0.717, 1.165) is 31.6 Å². The van der Waals surface area contributed by atoms with Crippen molar-refractivity contribution in [2.45, 2.75) is 18.8 Å². The van der Waals surface area contributed by atoms with Gasteiger partial charge in [0, 0.05) is 12.5 Å². The lowest BCUT2D eigenvalue weighted by Gasteiger charge is -2.26. The standard InChI is InChI=1S/C14H19NO/c1-3-13(14-5-6-15-8-14)4-2-11(1)7-12-9-16-10-12/h1-4,12,14-15H,5-10H2. The van der Waals surface area contributed by atoms with Crippen molar-refractivity contribution in [3.05, 3.63) is 35.4 Å². The van der Waals surface area contributed by atoms with E-state index in [-0.39, 0.29) is 0 Å². The van der Waals surface area contributed by atoms with Crippen molar-refractivity contribution in [3.63, 3.8) is 0 Å². The molecule has 0 spiro atoms. The van der Waals surface area contributed by atoms with Gasteiger partial charge >= 0.3 is 0 Å². The summed E-state index contributed by atoms with van der Waals surface area (Å²) in [6.45, 7) is 4.23. The molecule has 1 aromatic carbocycles. The highest BCUT2D eigenvalue weighted by molar-refractivity contribution is 5.26. The Balaban J connectivity index is 1.64. The third-order valence-corrected chi connectivity index (χ3v) is 3.74. The highest BCUT2D eigenvalue weighted by Gasteiger charge is 2.19. The van der Waals surface area contributed by atoms with Gasteiger partial charge in [0.2, 0.25) is 0 Å². The lowest BCUT2D eigenvalue weighted by molar-refractivity contribution is -0.0312. The highest BCUT2D eigenvalue weighted by atomic mass is 16.5. The Labute approximate surface area is 97.0 Å². The number of nitrogens with one attached hydrogen (secondary N) is 1. The molecule has 86 valence electrons. The molecule has 2 heterocycles. The van der Waals surface area contributed by atoms with Crippen LogP contribution in [0.25, 0.3) is 0 Å². The molecule has 2 nitrogen and oxygen atoms in total. The van der Waals surface area contributed by atoms with Crippen molar-refractivity contribution >= 4 is 0 Å². The van der Waals surface area contributed by atoms with E-state index < -0.39 is 0 Å². The minimum atomic E-state index is 0.737. The van der Waals surface area contributed by atoms with Crippen LogP contribution in [0.5, 0.6) is 0 Å². The zero-order valence-electron chi connectivity index (χ0n) is 9.61. The van der Waals surface area contributed by atoms with E-state index in [0.29, 0.717) is 0 Å². The molecule has 3 rings (SSSR count). The lowest BCUT2D eigenvalue weighted by atomic mass is 9.93. The van der Waals surface area contributed by atoms with Gasteiger partial charge in [-0.2, -0.15) is 0 Å². The first-order valence-electron chi connectivity index (χ1n) is 6.29. The van der Waals surface area contributed by atoms with Crippen LogP contribution in [-0.2, 0) is 11.2 Å². The first-order valence-corrected chi connectivity index (χ1v) is 6.29. The number of benzene rings is 1.